The fourth-order valence-electron chi connectivity index (χ4n) is 1.90. The molecule has 7 nitrogen and oxygen atoms in total. The Balaban J connectivity index is 1.75. The summed E-state index contributed by atoms with van der Waals surface area (Å²) in [6.45, 7) is 0.729. The molecule has 0 aromatic carbocycles. The third kappa shape index (κ3) is 2.37. The molecule has 0 saturated carbocycles. The Hall–Kier alpha value is -2.15. The topological polar surface area (TPSA) is 84.3 Å². The predicted octanol–water partition coefficient (Wildman–Crippen LogP) is 1.39. The molecule has 0 spiro atoms. The van der Waals surface area contributed by atoms with Crippen molar-refractivity contribution in [3.05, 3.63) is 29.4 Å². The van der Waals surface area contributed by atoms with E-state index in [0.29, 0.717) is 11.5 Å². The molecular weight excluding hydrogens is 266 g/mol. The van der Waals surface area contributed by atoms with E-state index >= 15 is 0 Å². The Bertz CT molecular complexity index is 702. The van der Waals surface area contributed by atoms with Crippen molar-refractivity contribution in [1.82, 2.24) is 29.9 Å². The van der Waals surface area contributed by atoms with Crippen LogP contribution in [0.5, 0.6) is 0 Å². The Morgan fingerprint density at radius 2 is 2.32 bits per heavy atom. The van der Waals surface area contributed by atoms with Gasteiger partial charge in [0.15, 0.2) is 5.65 Å². The molecule has 0 aliphatic carbocycles. The van der Waals surface area contributed by atoms with Gasteiger partial charge in [0, 0.05) is 31.9 Å². The number of nitrogens with zero attached hydrogens (tertiary/aromatic N) is 5. The molecule has 3 aromatic rings. The molecule has 0 fully saturated rings. The van der Waals surface area contributed by atoms with Crippen molar-refractivity contribution in [2.24, 2.45) is 7.05 Å². The summed E-state index contributed by atoms with van der Waals surface area (Å²) < 4.78 is 1.85. The Morgan fingerprint density at radius 1 is 1.42 bits per heavy atom. The lowest BCUT2D eigenvalue weighted by Crippen LogP contribution is -2.09. The molecule has 8 heteroatoms. The van der Waals surface area contributed by atoms with Crippen molar-refractivity contribution in [3.63, 3.8) is 0 Å². The Labute approximate surface area is 114 Å². The fourth-order valence-corrected chi connectivity index (χ4v) is 2.07. The lowest BCUT2D eigenvalue weighted by Gasteiger charge is -2.06. The molecule has 0 radical (unpaired) electrons. The average Bonchev–Trinajstić information content (AvgIpc) is 2.98. The summed E-state index contributed by atoms with van der Waals surface area (Å²) >= 11 is 5.86. The van der Waals surface area contributed by atoms with Gasteiger partial charge >= 0.3 is 0 Å². The number of hydrogen-bond donors (Lipinski definition) is 2. The SMILES string of the molecule is Cn1nccc1CCNc1nc(Cl)nc2[nH]ncc12. The highest BCUT2D eigenvalue weighted by Gasteiger charge is 2.08. The molecule has 0 unspecified atom stereocenters. The zero-order valence-electron chi connectivity index (χ0n) is 10.3. The van der Waals surface area contributed by atoms with Gasteiger partial charge in [-0.05, 0) is 17.7 Å². The molecule has 98 valence electrons. The van der Waals surface area contributed by atoms with Crippen LogP contribution in [0.2, 0.25) is 5.28 Å². The number of aromatic amines is 1. The molecule has 0 aliphatic rings. The smallest absolute Gasteiger partial charge is 0.226 e. The highest BCUT2D eigenvalue weighted by Crippen LogP contribution is 2.19. The summed E-state index contributed by atoms with van der Waals surface area (Å²) in [7, 11) is 1.92. The van der Waals surface area contributed by atoms with Gasteiger partial charge in [0.1, 0.15) is 5.82 Å². The third-order valence-electron chi connectivity index (χ3n) is 2.88. The first kappa shape index (κ1) is 11.9. The van der Waals surface area contributed by atoms with E-state index in [1.807, 2.05) is 17.8 Å². The zero-order valence-corrected chi connectivity index (χ0v) is 11.0. The molecule has 0 aliphatic heterocycles. The van der Waals surface area contributed by atoms with Crippen molar-refractivity contribution in [2.45, 2.75) is 6.42 Å². The molecule has 0 atom stereocenters. The average molecular weight is 278 g/mol. The van der Waals surface area contributed by atoms with Gasteiger partial charge in [-0.1, -0.05) is 0 Å². The minimum atomic E-state index is 0.194. The minimum Gasteiger partial charge on any atom is -0.369 e. The van der Waals surface area contributed by atoms with Gasteiger partial charge in [-0.15, -0.1) is 0 Å². The van der Waals surface area contributed by atoms with E-state index in [4.69, 9.17) is 11.6 Å². The van der Waals surface area contributed by atoms with Gasteiger partial charge in [-0.2, -0.15) is 20.2 Å². The third-order valence-corrected chi connectivity index (χ3v) is 3.05. The van der Waals surface area contributed by atoms with Crippen molar-refractivity contribution < 1.29 is 0 Å². The van der Waals surface area contributed by atoms with Crippen LogP contribution >= 0.6 is 11.6 Å². The standard InChI is InChI=1S/C11H12ClN7/c1-19-7(3-5-15-19)2-4-13-9-8-6-14-18-10(8)17-11(12)16-9/h3,5-6H,2,4H2,1H3,(H2,13,14,16,17,18). The first-order valence-electron chi connectivity index (χ1n) is 5.81. The van der Waals surface area contributed by atoms with E-state index in [1.54, 1.807) is 12.4 Å². The van der Waals surface area contributed by atoms with Crippen LogP contribution < -0.4 is 5.32 Å². The van der Waals surface area contributed by atoms with Crippen LogP contribution in [0.25, 0.3) is 11.0 Å². The van der Waals surface area contributed by atoms with E-state index in [2.05, 4.69) is 30.6 Å². The summed E-state index contributed by atoms with van der Waals surface area (Å²) in [5.74, 6) is 0.686. The second-order valence-corrected chi connectivity index (χ2v) is 4.43. The van der Waals surface area contributed by atoms with Crippen molar-refractivity contribution in [2.75, 3.05) is 11.9 Å². The van der Waals surface area contributed by atoms with Gasteiger partial charge in [0.25, 0.3) is 0 Å². The largest absolute Gasteiger partial charge is 0.369 e. The molecule has 19 heavy (non-hydrogen) atoms. The van der Waals surface area contributed by atoms with Crippen LogP contribution in [0.1, 0.15) is 5.69 Å². The van der Waals surface area contributed by atoms with Gasteiger partial charge in [-0.3, -0.25) is 9.78 Å². The first-order valence-corrected chi connectivity index (χ1v) is 6.19. The lowest BCUT2D eigenvalue weighted by molar-refractivity contribution is 0.711. The van der Waals surface area contributed by atoms with Crippen LogP contribution in [0.3, 0.4) is 0 Å². The summed E-state index contributed by atoms with van der Waals surface area (Å²) in [6, 6.07) is 1.99. The zero-order chi connectivity index (χ0) is 13.2. The monoisotopic (exact) mass is 277 g/mol. The van der Waals surface area contributed by atoms with E-state index in [0.717, 1.165) is 24.0 Å². The van der Waals surface area contributed by atoms with Crippen LogP contribution in [0.4, 0.5) is 5.82 Å². The quantitative estimate of drug-likeness (QED) is 0.704. The van der Waals surface area contributed by atoms with E-state index in [9.17, 15) is 0 Å². The van der Waals surface area contributed by atoms with Crippen molar-refractivity contribution in [1.29, 1.82) is 0 Å². The van der Waals surface area contributed by atoms with Gasteiger partial charge in [0.05, 0.1) is 11.6 Å². The maximum Gasteiger partial charge on any atom is 0.226 e. The van der Waals surface area contributed by atoms with E-state index in [1.165, 1.54) is 0 Å². The van der Waals surface area contributed by atoms with Crippen molar-refractivity contribution >= 4 is 28.5 Å². The van der Waals surface area contributed by atoms with Crippen LogP contribution in [-0.2, 0) is 13.5 Å². The second kappa shape index (κ2) is 4.85. The molecule has 3 aromatic heterocycles. The number of fused-ring (bicyclic) bond motifs is 1. The molecule has 3 heterocycles. The molecule has 0 saturated heterocycles. The molecule has 3 rings (SSSR count). The van der Waals surface area contributed by atoms with Gasteiger partial charge < -0.3 is 5.32 Å². The summed E-state index contributed by atoms with van der Waals surface area (Å²) in [5.41, 5.74) is 1.78. The van der Waals surface area contributed by atoms with Gasteiger partial charge in [0.2, 0.25) is 5.28 Å². The lowest BCUT2D eigenvalue weighted by atomic mass is 10.3. The Kier molecular flexibility index (Phi) is 3.04. The van der Waals surface area contributed by atoms with Crippen molar-refractivity contribution in [3.8, 4) is 0 Å². The number of halogens is 1. The predicted molar refractivity (Wildman–Crippen MR) is 72.1 cm³/mol. The molecule has 2 N–H and O–H groups in total. The molecule has 0 amide bonds. The number of anilines is 1. The highest BCUT2D eigenvalue weighted by atomic mass is 35.5. The van der Waals surface area contributed by atoms with E-state index < -0.39 is 0 Å². The highest BCUT2D eigenvalue weighted by molar-refractivity contribution is 6.28. The first-order chi connectivity index (χ1) is 9.24. The number of H-pyrrole nitrogens is 1. The number of hydrogen-bond acceptors (Lipinski definition) is 5. The van der Waals surface area contributed by atoms with Crippen LogP contribution in [0.15, 0.2) is 18.5 Å². The normalized spacial score (nSPS) is 11.1. The number of nitrogens with one attached hydrogen (secondary N) is 2. The number of aromatic nitrogens is 6. The van der Waals surface area contributed by atoms with E-state index in [-0.39, 0.29) is 5.28 Å². The summed E-state index contributed by atoms with van der Waals surface area (Å²) in [6.07, 6.45) is 4.31. The number of rotatable bonds is 4. The maximum absolute atomic E-state index is 5.86. The molecule has 0 bridgehead atoms. The molecular formula is C11H12ClN7. The Morgan fingerprint density at radius 3 is 3.11 bits per heavy atom. The van der Waals surface area contributed by atoms with Crippen LogP contribution in [0, 0.1) is 0 Å². The second-order valence-electron chi connectivity index (χ2n) is 4.10. The summed E-state index contributed by atoms with van der Waals surface area (Å²) in [5, 5.41) is 15.1. The summed E-state index contributed by atoms with van der Waals surface area (Å²) in [4.78, 5) is 8.23. The maximum atomic E-state index is 5.86. The van der Waals surface area contributed by atoms with Crippen LogP contribution in [-0.4, -0.2) is 36.5 Å². The van der Waals surface area contributed by atoms with Gasteiger partial charge in [-0.25, -0.2) is 0 Å². The fraction of sp³-hybridized carbons (Fsp3) is 0.273. The minimum absolute atomic E-state index is 0.194. The number of aryl methyl sites for hydroxylation is 1.